The minimum atomic E-state index is -0.254. The molecular formula is C24H31N3O4S. The number of hydrogen-bond acceptors (Lipinski definition) is 5. The Morgan fingerprint density at radius 3 is 2.81 bits per heavy atom. The van der Waals surface area contributed by atoms with Crippen LogP contribution < -0.4 is 14.8 Å². The van der Waals surface area contributed by atoms with Crippen molar-refractivity contribution in [3.63, 3.8) is 0 Å². The van der Waals surface area contributed by atoms with E-state index in [0.717, 1.165) is 18.4 Å². The Hall–Kier alpha value is -3.00. The van der Waals surface area contributed by atoms with Gasteiger partial charge >= 0.3 is 6.03 Å². The number of para-hydroxylation sites is 2. The number of carbonyl (C=O) groups excluding carboxylic acids is 2. The molecule has 8 heteroatoms. The summed E-state index contributed by atoms with van der Waals surface area (Å²) >= 11 is 1.70. The molecule has 32 heavy (non-hydrogen) atoms. The van der Waals surface area contributed by atoms with Crippen LogP contribution in [0.15, 0.2) is 48.4 Å². The highest BCUT2D eigenvalue weighted by atomic mass is 32.1. The third-order valence-electron chi connectivity index (χ3n) is 5.37. The molecule has 2 aromatic rings. The Balaban J connectivity index is 1.76. The fraction of sp³-hybridized carbons (Fsp3) is 0.417. The van der Waals surface area contributed by atoms with E-state index in [4.69, 9.17) is 9.47 Å². The van der Waals surface area contributed by atoms with Crippen molar-refractivity contribution in [1.29, 1.82) is 0 Å². The maximum Gasteiger partial charge on any atom is 0.318 e. The average Bonchev–Trinajstić information content (AvgIpc) is 3.30. The van der Waals surface area contributed by atoms with Crippen LogP contribution in [0.25, 0.3) is 0 Å². The van der Waals surface area contributed by atoms with Gasteiger partial charge in [0.05, 0.1) is 13.2 Å². The molecule has 3 amide bonds. The van der Waals surface area contributed by atoms with E-state index < -0.39 is 0 Å². The highest BCUT2D eigenvalue weighted by Gasteiger charge is 2.33. The van der Waals surface area contributed by atoms with Gasteiger partial charge in [0.1, 0.15) is 13.2 Å². The number of amides is 3. The molecule has 0 saturated heterocycles. The van der Waals surface area contributed by atoms with Crippen molar-refractivity contribution in [3.05, 3.63) is 58.8 Å². The van der Waals surface area contributed by atoms with E-state index in [1.165, 1.54) is 9.78 Å². The quantitative estimate of drug-likeness (QED) is 0.550. The van der Waals surface area contributed by atoms with E-state index in [1.54, 1.807) is 24.5 Å². The molecule has 1 N–H and O–H groups in total. The fourth-order valence-electron chi connectivity index (χ4n) is 3.75. The molecule has 0 spiro atoms. The summed E-state index contributed by atoms with van der Waals surface area (Å²) in [5, 5.41) is 4.89. The first-order valence-electron chi connectivity index (χ1n) is 10.8. The van der Waals surface area contributed by atoms with Crippen molar-refractivity contribution in [3.8, 4) is 11.5 Å². The number of methoxy groups -OCH3 is 1. The molecule has 0 unspecified atom stereocenters. The summed E-state index contributed by atoms with van der Waals surface area (Å²) in [4.78, 5) is 30.4. The normalized spacial score (nSPS) is 14.9. The van der Waals surface area contributed by atoms with Gasteiger partial charge in [-0.15, -0.1) is 17.9 Å². The summed E-state index contributed by atoms with van der Waals surface area (Å²) in [5.74, 6) is 1.18. The number of nitrogens with zero attached hydrogens (tertiary/aromatic N) is 2. The van der Waals surface area contributed by atoms with Gasteiger partial charge in [-0.25, -0.2) is 4.79 Å². The van der Waals surface area contributed by atoms with E-state index in [2.05, 4.69) is 23.3 Å². The molecule has 1 aliphatic heterocycles. The zero-order valence-electron chi connectivity index (χ0n) is 18.7. The van der Waals surface area contributed by atoms with Crippen LogP contribution in [-0.2, 0) is 11.2 Å². The Morgan fingerprint density at radius 2 is 2.09 bits per heavy atom. The van der Waals surface area contributed by atoms with Crippen LogP contribution in [0.4, 0.5) is 4.79 Å². The highest BCUT2D eigenvalue weighted by molar-refractivity contribution is 7.10. The molecule has 1 atom stereocenters. The Bertz CT molecular complexity index is 929. The number of thiophene rings is 1. The molecule has 2 heterocycles. The molecule has 1 aromatic heterocycles. The third kappa shape index (κ3) is 5.62. The van der Waals surface area contributed by atoms with E-state index >= 15 is 0 Å². The summed E-state index contributed by atoms with van der Waals surface area (Å²) in [6, 6.07) is 9.05. The molecule has 0 saturated carbocycles. The Morgan fingerprint density at radius 1 is 1.31 bits per heavy atom. The molecule has 172 valence electrons. The minimum Gasteiger partial charge on any atom is -0.493 e. The van der Waals surface area contributed by atoms with E-state index in [-0.39, 0.29) is 24.5 Å². The fourth-order valence-corrected chi connectivity index (χ4v) is 4.68. The SMILES string of the molecule is C=CCN(CC(=O)N1CCc2sccc2[C@H]1COc1ccccc1OC)C(=O)NCCC. The predicted molar refractivity (Wildman–Crippen MR) is 126 cm³/mol. The van der Waals surface area contributed by atoms with Crippen LogP contribution in [0.1, 0.15) is 29.8 Å². The number of ether oxygens (including phenoxy) is 2. The van der Waals surface area contributed by atoms with Crippen molar-refractivity contribution in [2.24, 2.45) is 0 Å². The molecule has 0 bridgehead atoms. The summed E-state index contributed by atoms with van der Waals surface area (Å²) in [6.45, 7) is 7.47. The van der Waals surface area contributed by atoms with Crippen molar-refractivity contribution < 1.29 is 19.1 Å². The highest BCUT2D eigenvalue weighted by Crippen LogP contribution is 2.35. The van der Waals surface area contributed by atoms with Crippen LogP contribution in [-0.4, -0.2) is 61.6 Å². The van der Waals surface area contributed by atoms with Crippen molar-refractivity contribution >= 4 is 23.3 Å². The zero-order valence-corrected chi connectivity index (χ0v) is 19.5. The monoisotopic (exact) mass is 457 g/mol. The van der Waals surface area contributed by atoms with Crippen LogP contribution in [0.3, 0.4) is 0 Å². The van der Waals surface area contributed by atoms with Crippen molar-refractivity contribution in [2.45, 2.75) is 25.8 Å². The number of urea groups is 1. The Labute approximate surface area is 193 Å². The van der Waals surface area contributed by atoms with Gasteiger partial charge in [-0.05, 0) is 42.0 Å². The lowest BCUT2D eigenvalue weighted by atomic mass is 10.0. The van der Waals surface area contributed by atoms with Gasteiger partial charge in [-0.1, -0.05) is 25.1 Å². The second kappa shape index (κ2) is 11.6. The molecule has 3 rings (SSSR count). The number of carbonyl (C=O) groups is 2. The second-order valence-corrected chi connectivity index (χ2v) is 8.52. The lowest BCUT2D eigenvalue weighted by Crippen LogP contribution is -2.50. The maximum absolute atomic E-state index is 13.3. The maximum atomic E-state index is 13.3. The van der Waals surface area contributed by atoms with Crippen LogP contribution in [0.5, 0.6) is 11.5 Å². The van der Waals surface area contributed by atoms with E-state index in [9.17, 15) is 9.59 Å². The van der Waals surface area contributed by atoms with Crippen molar-refractivity contribution in [2.75, 3.05) is 39.9 Å². The summed E-state index contributed by atoms with van der Waals surface area (Å²) in [6.07, 6.45) is 3.26. The Kier molecular flexibility index (Phi) is 8.56. The van der Waals surface area contributed by atoms with Crippen LogP contribution in [0, 0.1) is 0 Å². The van der Waals surface area contributed by atoms with Gasteiger partial charge in [0.15, 0.2) is 11.5 Å². The molecule has 7 nitrogen and oxygen atoms in total. The average molecular weight is 458 g/mol. The van der Waals surface area contributed by atoms with Crippen molar-refractivity contribution in [1.82, 2.24) is 15.1 Å². The molecule has 1 aliphatic rings. The van der Waals surface area contributed by atoms with Gasteiger partial charge in [0, 0.05) is 24.5 Å². The predicted octanol–water partition coefficient (Wildman–Crippen LogP) is 3.87. The first-order valence-corrected chi connectivity index (χ1v) is 11.7. The lowest BCUT2D eigenvalue weighted by molar-refractivity contribution is -0.135. The summed E-state index contributed by atoms with van der Waals surface area (Å²) < 4.78 is 11.5. The van der Waals surface area contributed by atoms with Crippen LogP contribution >= 0.6 is 11.3 Å². The first-order chi connectivity index (χ1) is 15.6. The number of fused-ring (bicyclic) bond motifs is 1. The molecule has 0 radical (unpaired) electrons. The third-order valence-corrected chi connectivity index (χ3v) is 6.37. The minimum absolute atomic E-state index is 0.00774. The lowest BCUT2D eigenvalue weighted by Gasteiger charge is -2.37. The molecule has 0 aliphatic carbocycles. The standard InChI is InChI=1S/C24H31N3O4S/c1-4-12-25-24(29)26(13-5-2)16-23(28)27-14-10-22-18(11-15-32-22)19(27)17-31-21-9-7-6-8-20(21)30-3/h5-9,11,15,19H,2,4,10,12-14,16-17H2,1,3H3,(H,25,29)/t19-/m1/s1. The van der Waals surface area contributed by atoms with E-state index in [0.29, 0.717) is 37.7 Å². The zero-order chi connectivity index (χ0) is 22.9. The topological polar surface area (TPSA) is 71.1 Å². The number of hydrogen-bond donors (Lipinski definition) is 1. The van der Waals surface area contributed by atoms with Gasteiger partial charge in [-0.2, -0.15) is 0 Å². The van der Waals surface area contributed by atoms with Gasteiger partial charge in [-0.3, -0.25) is 4.79 Å². The number of benzene rings is 1. The largest absolute Gasteiger partial charge is 0.493 e. The van der Waals surface area contributed by atoms with Crippen LogP contribution in [0.2, 0.25) is 0 Å². The first kappa shape index (κ1) is 23.7. The smallest absolute Gasteiger partial charge is 0.318 e. The van der Waals surface area contributed by atoms with Gasteiger partial charge in [0.25, 0.3) is 0 Å². The molecule has 1 aromatic carbocycles. The van der Waals surface area contributed by atoms with E-state index in [1.807, 2.05) is 36.1 Å². The molecular weight excluding hydrogens is 426 g/mol. The summed E-state index contributed by atoms with van der Waals surface area (Å²) in [5.41, 5.74) is 1.11. The number of rotatable bonds is 10. The van der Waals surface area contributed by atoms with Gasteiger partial charge in [0.2, 0.25) is 5.91 Å². The van der Waals surface area contributed by atoms with Gasteiger partial charge < -0.3 is 24.6 Å². The second-order valence-electron chi connectivity index (χ2n) is 7.52. The number of nitrogens with one attached hydrogen (secondary N) is 1. The molecule has 0 fully saturated rings. The summed E-state index contributed by atoms with van der Waals surface area (Å²) in [7, 11) is 1.60.